The number of nitrogens with one attached hydrogen (secondary N) is 2. The minimum absolute atomic E-state index is 0.0741. The molecule has 1 aromatic carbocycles. The van der Waals surface area contributed by atoms with Gasteiger partial charge in [-0.05, 0) is 13.0 Å². The highest BCUT2D eigenvalue weighted by atomic mass is 19.1. The minimum atomic E-state index is -0.983. The third-order valence-corrected chi connectivity index (χ3v) is 4.75. The van der Waals surface area contributed by atoms with E-state index in [-0.39, 0.29) is 22.5 Å². The number of aromatic nitrogens is 1. The van der Waals surface area contributed by atoms with Gasteiger partial charge in [0.05, 0.1) is 13.1 Å². The number of hydrogen-bond acceptors (Lipinski definition) is 7. The Morgan fingerprint density at radius 2 is 2.13 bits per heavy atom. The van der Waals surface area contributed by atoms with E-state index in [1.807, 2.05) is 12.2 Å². The second-order valence-electron chi connectivity index (χ2n) is 6.83. The predicted molar refractivity (Wildman–Crippen MR) is 108 cm³/mol. The Labute approximate surface area is 177 Å². The molecule has 1 saturated heterocycles. The van der Waals surface area contributed by atoms with Crippen molar-refractivity contribution in [2.24, 2.45) is 5.73 Å². The molecule has 166 valence electrons. The number of rotatable bonds is 7. The zero-order valence-corrected chi connectivity index (χ0v) is 17.1. The molecule has 0 bridgehead atoms. The molecule has 1 aliphatic rings. The van der Waals surface area contributed by atoms with E-state index in [1.165, 1.54) is 31.5 Å². The van der Waals surface area contributed by atoms with Crippen molar-refractivity contribution < 1.29 is 27.8 Å². The number of pyridine rings is 1. The fourth-order valence-corrected chi connectivity index (χ4v) is 3.24. The van der Waals surface area contributed by atoms with Crippen molar-refractivity contribution in [3.63, 3.8) is 0 Å². The number of nitrogens with two attached hydrogens (primary N) is 1. The Kier molecular flexibility index (Phi) is 6.66. The number of halogens is 2. The van der Waals surface area contributed by atoms with Gasteiger partial charge in [-0.25, -0.2) is 18.6 Å². The number of hydrogen-bond donors (Lipinski definition) is 3. The van der Waals surface area contributed by atoms with Gasteiger partial charge >= 0.3 is 6.09 Å². The first-order valence-corrected chi connectivity index (χ1v) is 9.43. The van der Waals surface area contributed by atoms with Gasteiger partial charge in [0.2, 0.25) is 5.79 Å². The molecule has 0 saturated carbocycles. The van der Waals surface area contributed by atoms with E-state index in [4.69, 9.17) is 25.4 Å². The Morgan fingerprint density at radius 3 is 2.74 bits per heavy atom. The average molecular weight is 435 g/mol. The molecule has 11 heteroatoms. The molecular weight excluding hydrogens is 412 g/mol. The minimum Gasteiger partial charge on any atom is -0.444 e. The van der Waals surface area contributed by atoms with Gasteiger partial charge in [0.15, 0.2) is 17.6 Å². The summed E-state index contributed by atoms with van der Waals surface area (Å²) in [5, 5.41) is 8.89. The van der Waals surface area contributed by atoms with Crippen molar-refractivity contribution in [1.82, 2.24) is 10.3 Å². The molecule has 2 aromatic rings. The van der Waals surface area contributed by atoms with Crippen LogP contribution in [-0.2, 0) is 20.8 Å². The maximum atomic E-state index is 14.9. The summed E-state index contributed by atoms with van der Waals surface area (Å²) in [6.07, 6.45) is 0.389. The summed E-state index contributed by atoms with van der Waals surface area (Å²) in [7, 11) is 1.53. The molecule has 2 heterocycles. The number of carbonyl (C=O) groups excluding carboxylic acids is 1. The van der Waals surface area contributed by atoms with E-state index in [2.05, 4.69) is 4.98 Å². The van der Waals surface area contributed by atoms with Crippen LogP contribution >= 0.6 is 0 Å². The number of ether oxygens (including phenoxy) is 3. The van der Waals surface area contributed by atoms with Crippen molar-refractivity contribution in [3.8, 4) is 11.1 Å². The molecule has 0 atom stereocenters. The highest BCUT2D eigenvalue weighted by Gasteiger charge is 2.45. The van der Waals surface area contributed by atoms with Crippen LogP contribution in [0.25, 0.3) is 11.1 Å². The largest absolute Gasteiger partial charge is 0.444 e. The van der Waals surface area contributed by atoms with E-state index >= 15 is 0 Å². The van der Waals surface area contributed by atoms with Crippen molar-refractivity contribution in [2.45, 2.75) is 19.3 Å². The number of methoxy groups -OCH3 is 1. The molecule has 1 fully saturated rings. The Hall–Kier alpha value is -3.31. The summed E-state index contributed by atoms with van der Waals surface area (Å²) in [5.41, 5.74) is 5.44. The first-order chi connectivity index (χ1) is 14.8. The fourth-order valence-electron chi connectivity index (χ4n) is 3.24. The lowest BCUT2D eigenvalue weighted by Gasteiger charge is -2.48. The van der Waals surface area contributed by atoms with Crippen molar-refractivity contribution >= 4 is 17.9 Å². The van der Waals surface area contributed by atoms with Gasteiger partial charge in [0.25, 0.3) is 0 Å². The summed E-state index contributed by atoms with van der Waals surface area (Å²) in [5.74, 6) is -2.54. The smallest absolute Gasteiger partial charge is 0.414 e. The van der Waals surface area contributed by atoms with Crippen LogP contribution in [0.5, 0.6) is 0 Å². The number of alkyl carbamates (subject to hydrolysis) is 1. The number of anilines is 1. The van der Waals surface area contributed by atoms with Gasteiger partial charge in [0, 0.05) is 36.6 Å². The topological polar surface area (TPSA) is 123 Å². The van der Waals surface area contributed by atoms with Crippen LogP contribution in [0.1, 0.15) is 12.5 Å². The molecule has 4 N–H and O–H groups in total. The third kappa shape index (κ3) is 4.89. The van der Waals surface area contributed by atoms with Crippen LogP contribution in [0.15, 0.2) is 30.5 Å². The third-order valence-electron chi connectivity index (χ3n) is 4.75. The summed E-state index contributed by atoms with van der Waals surface area (Å²) < 4.78 is 45.4. The Bertz CT molecular complexity index is 982. The number of carbonyl (C=O) groups is 1. The quantitative estimate of drug-likeness (QED) is 0.347. The van der Waals surface area contributed by atoms with Crippen LogP contribution in [0.4, 0.5) is 19.4 Å². The Balaban J connectivity index is 1.74. The van der Waals surface area contributed by atoms with E-state index in [1.54, 1.807) is 11.0 Å². The van der Waals surface area contributed by atoms with E-state index < -0.39 is 36.1 Å². The molecule has 1 aliphatic heterocycles. The molecule has 1 amide bonds. The second kappa shape index (κ2) is 9.23. The number of guanidine groups is 1. The zero-order valence-electron chi connectivity index (χ0n) is 17.1. The van der Waals surface area contributed by atoms with Crippen molar-refractivity contribution in [3.05, 3.63) is 47.7 Å². The molecular formula is C20H23F2N5O4. The maximum Gasteiger partial charge on any atom is 0.414 e. The number of benzene rings is 1. The molecule has 0 aliphatic carbocycles. The van der Waals surface area contributed by atoms with Gasteiger partial charge in [-0.3, -0.25) is 10.7 Å². The van der Waals surface area contributed by atoms with Crippen LogP contribution in [0.3, 0.4) is 0 Å². The second-order valence-corrected chi connectivity index (χ2v) is 6.83. The predicted octanol–water partition coefficient (Wildman–Crippen LogP) is 2.35. The van der Waals surface area contributed by atoms with Crippen molar-refractivity contribution in [2.75, 3.05) is 31.7 Å². The monoisotopic (exact) mass is 435 g/mol. The van der Waals surface area contributed by atoms with E-state index in [0.717, 1.165) is 0 Å². The number of amides is 1. The Morgan fingerprint density at radius 1 is 1.39 bits per heavy atom. The van der Waals surface area contributed by atoms with Crippen LogP contribution < -0.4 is 16.0 Å². The first-order valence-electron chi connectivity index (χ1n) is 9.43. The lowest BCUT2D eigenvalue weighted by atomic mass is 10.0. The lowest BCUT2D eigenvalue weighted by Crippen LogP contribution is -2.65. The van der Waals surface area contributed by atoms with Gasteiger partial charge in [-0.15, -0.1) is 0 Å². The first kappa shape index (κ1) is 22.4. The van der Waals surface area contributed by atoms with Crippen LogP contribution in [0, 0.1) is 17.0 Å². The molecule has 0 unspecified atom stereocenters. The van der Waals surface area contributed by atoms with E-state index in [9.17, 15) is 13.6 Å². The number of nitrogens with zero attached hydrogens (tertiary/aromatic N) is 2. The normalized spacial score (nSPS) is 14.6. The van der Waals surface area contributed by atoms with Gasteiger partial charge in [0.1, 0.15) is 12.4 Å². The van der Waals surface area contributed by atoms with Crippen LogP contribution in [0.2, 0.25) is 0 Å². The molecule has 0 radical (unpaired) electrons. The zero-order chi connectivity index (χ0) is 22.6. The molecule has 0 spiro atoms. The van der Waals surface area contributed by atoms with Crippen molar-refractivity contribution in [1.29, 1.82) is 5.41 Å². The highest BCUT2D eigenvalue weighted by Crippen LogP contribution is 2.33. The van der Waals surface area contributed by atoms with Gasteiger partial charge in [-0.2, -0.15) is 0 Å². The summed E-state index contributed by atoms with van der Waals surface area (Å²) in [6, 6.07) is 5.65. The summed E-state index contributed by atoms with van der Waals surface area (Å²) in [4.78, 5) is 17.3. The maximum absolute atomic E-state index is 14.9. The van der Waals surface area contributed by atoms with Gasteiger partial charge in [-0.1, -0.05) is 18.2 Å². The lowest BCUT2D eigenvalue weighted by molar-refractivity contribution is -0.232. The molecule has 1 aromatic heterocycles. The standard InChI is InChI=1S/C20H23F2N5O4/c1-3-31-20(29-2)10-27(11-20)17-15(21)7-13(8-25-17)14-6-4-5-12(16(14)22)9-30-19(28)26-18(23)24/h4-8H,3,9-11H2,1-2H3,(H4,23,24,26,28). The molecule has 9 nitrogen and oxygen atoms in total. The molecule has 31 heavy (non-hydrogen) atoms. The van der Waals surface area contributed by atoms with E-state index in [0.29, 0.717) is 19.7 Å². The highest BCUT2D eigenvalue weighted by molar-refractivity contribution is 5.90. The van der Waals surface area contributed by atoms with Gasteiger partial charge < -0.3 is 24.8 Å². The molecule has 3 rings (SSSR count). The SMILES string of the molecule is CCOC1(OC)CN(c2ncc(-c3cccc(COC(=O)NC(=N)N)c3F)cc2F)C1. The summed E-state index contributed by atoms with van der Waals surface area (Å²) >= 11 is 0. The summed E-state index contributed by atoms with van der Waals surface area (Å²) in [6.45, 7) is 2.57. The fraction of sp³-hybridized carbons (Fsp3) is 0.350. The average Bonchev–Trinajstić information content (AvgIpc) is 2.69. The van der Waals surface area contributed by atoms with Crippen LogP contribution in [-0.4, -0.2) is 49.6 Å².